The Morgan fingerprint density at radius 3 is 2.67 bits per heavy atom. The van der Waals surface area contributed by atoms with Gasteiger partial charge in [-0.25, -0.2) is 5.01 Å². The number of nitrogens with two attached hydrogens (primary N) is 1. The molecule has 0 bridgehead atoms. The molecular formula is C12H17ClN4O. The topological polar surface area (TPSA) is 61.6 Å². The molecule has 18 heavy (non-hydrogen) atoms. The average Bonchev–Trinajstić information content (AvgIpc) is 2.35. The lowest BCUT2D eigenvalue weighted by molar-refractivity contribution is 0.0663. The number of hydrazine groups is 1. The molecule has 1 saturated heterocycles. The van der Waals surface area contributed by atoms with Crippen molar-refractivity contribution in [1.82, 2.24) is 15.3 Å². The highest BCUT2D eigenvalue weighted by molar-refractivity contribution is 6.31. The van der Waals surface area contributed by atoms with Crippen molar-refractivity contribution in [2.75, 3.05) is 39.0 Å². The first-order valence-corrected chi connectivity index (χ1v) is 6.23. The SMILES string of the molecule is CN1CCN(NC(=O)c2cc(Cl)ccc2N)CC1. The third-order valence-electron chi connectivity index (χ3n) is 3.02. The summed E-state index contributed by atoms with van der Waals surface area (Å²) < 4.78 is 0. The molecule has 0 unspecified atom stereocenters. The predicted molar refractivity (Wildman–Crippen MR) is 72.4 cm³/mol. The van der Waals surface area contributed by atoms with Gasteiger partial charge in [-0.2, -0.15) is 0 Å². The fourth-order valence-electron chi connectivity index (χ4n) is 1.85. The molecule has 5 nitrogen and oxygen atoms in total. The molecule has 3 N–H and O–H groups in total. The summed E-state index contributed by atoms with van der Waals surface area (Å²) in [5.41, 5.74) is 9.48. The molecular weight excluding hydrogens is 252 g/mol. The second kappa shape index (κ2) is 5.56. The van der Waals surface area contributed by atoms with Crippen molar-refractivity contribution in [2.24, 2.45) is 0 Å². The zero-order chi connectivity index (χ0) is 13.1. The van der Waals surface area contributed by atoms with E-state index >= 15 is 0 Å². The third-order valence-corrected chi connectivity index (χ3v) is 3.26. The molecule has 1 amide bonds. The Hall–Kier alpha value is -1.30. The van der Waals surface area contributed by atoms with Crippen LogP contribution in [0.25, 0.3) is 0 Å². The van der Waals surface area contributed by atoms with E-state index in [9.17, 15) is 4.79 Å². The van der Waals surface area contributed by atoms with Gasteiger partial charge in [0.15, 0.2) is 0 Å². The van der Waals surface area contributed by atoms with Gasteiger partial charge in [0.1, 0.15) is 0 Å². The minimum atomic E-state index is -0.209. The summed E-state index contributed by atoms with van der Waals surface area (Å²) >= 11 is 5.87. The monoisotopic (exact) mass is 268 g/mol. The number of nitrogens with zero attached hydrogens (tertiary/aromatic N) is 2. The average molecular weight is 269 g/mol. The Bertz CT molecular complexity index is 444. The second-order valence-corrected chi connectivity index (χ2v) is 4.90. The van der Waals surface area contributed by atoms with Crippen LogP contribution in [0, 0.1) is 0 Å². The number of hydrogen-bond acceptors (Lipinski definition) is 4. The number of nitrogen functional groups attached to an aromatic ring is 1. The molecule has 0 aromatic heterocycles. The number of halogens is 1. The number of nitrogens with one attached hydrogen (secondary N) is 1. The Morgan fingerprint density at radius 1 is 1.33 bits per heavy atom. The summed E-state index contributed by atoms with van der Waals surface area (Å²) in [5, 5.41) is 2.41. The molecule has 0 saturated carbocycles. The standard InChI is InChI=1S/C12H17ClN4O/c1-16-4-6-17(7-5-16)15-12(18)10-8-9(13)2-3-11(10)14/h2-3,8H,4-7,14H2,1H3,(H,15,18). The highest BCUT2D eigenvalue weighted by atomic mass is 35.5. The van der Waals surface area contributed by atoms with E-state index in [0.717, 1.165) is 26.2 Å². The summed E-state index contributed by atoms with van der Waals surface area (Å²) in [6, 6.07) is 4.90. The zero-order valence-electron chi connectivity index (χ0n) is 10.3. The molecule has 1 aliphatic rings. The van der Waals surface area contributed by atoms with Gasteiger partial charge in [0.05, 0.1) is 5.56 Å². The van der Waals surface area contributed by atoms with Crippen LogP contribution in [-0.2, 0) is 0 Å². The van der Waals surface area contributed by atoms with Crippen molar-refractivity contribution in [2.45, 2.75) is 0 Å². The molecule has 1 aliphatic heterocycles. The van der Waals surface area contributed by atoms with E-state index in [1.807, 2.05) is 5.01 Å². The fraction of sp³-hybridized carbons (Fsp3) is 0.417. The third kappa shape index (κ3) is 3.13. The lowest BCUT2D eigenvalue weighted by atomic mass is 10.2. The molecule has 0 spiro atoms. The quantitative estimate of drug-likeness (QED) is 0.780. The number of likely N-dealkylation sites (N-methyl/N-ethyl adjacent to an activating group) is 1. The van der Waals surface area contributed by atoms with E-state index in [0.29, 0.717) is 16.3 Å². The van der Waals surface area contributed by atoms with Crippen LogP contribution in [-0.4, -0.2) is 49.0 Å². The van der Waals surface area contributed by atoms with Crippen LogP contribution in [0.4, 0.5) is 5.69 Å². The van der Waals surface area contributed by atoms with Crippen molar-refractivity contribution in [3.63, 3.8) is 0 Å². The maximum absolute atomic E-state index is 12.1. The predicted octanol–water partition coefficient (Wildman–Crippen LogP) is 0.814. The van der Waals surface area contributed by atoms with E-state index in [1.165, 1.54) is 0 Å². The maximum Gasteiger partial charge on any atom is 0.267 e. The molecule has 1 aromatic carbocycles. The molecule has 0 radical (unpaired) electrons. The van der Waals surface area contributed by atoms with Gasteiger partial charge >= 0.3 is 0 Å². The van der Waals surface area contributed by atoms with Crippen molar-refractivity contribution in [1.29, 1.82) is 0 Å². The van der Waals surface area contributed by atoms with E-state index in [-0.39, 0.29) is 5.91 Å². The number of piperazine rings is 1. The molecule has 98 valence electrons. The van der Waals surface area contributed by atoms with Gasteiger partial charge in [-0.05, 0) is 25.2 Å². The number of benzene rings is 1. The molecule has 6 heteroatoms. The Balaban J connectivity index is 2.01. The summed E-state index contributed by atoms with van der Waals surface area (Å²) in [5.74, 6) is -0.209. The van der Waals surface area contributed by atoms with Crippen molar-refractivity contribution < 1.29 is 4.79 Å². The van der Waals surface area contributed by atoms with Crippen LogP contribution in [0.1, 0.15) is 10.4 Å². The van der Waals surface area contributed by atoms with E-state index in [2.05, 4.69) is 17.4 Å². The van der Waals surface area contributed by atoms with Gasteiger partial charge in [0.2, 0.25) is 0 Å². The minimum absolute atomic E-state index is 0.209. The lowest BCUT2D eigenvalue weighted by Gasteiger charge is -2.32. The highest BCUT2D eigenvalue weighted by Crippen LogP contribution is 2.17. The van der Waals surface area contributed by atoms with Crippen LogP contribution in [0.15, 0.2) is 18.2 Å². The first kappa shape index (κ1) is 13.1. The van der Waals surface area contributed by atoms with Crippen LogP contribution < -0.4 is 11.2 Å². The molecule has 0 aliphatic carbocycles. The number of carbonyl (C=O) groups excluding carboxylic acids is 1. The van der Waals surface area contributed by atoms with Gasteiger partial charge in [0, 0.05) is 36.9 Å². The summed E-state index contributed by atoms with van der Waals surface area (Å²) in [7, 11) is 2.06. The first-order valence-electron chi connectivity index (χ1n) is 5.86. The van der Waals surface area contributed by atoms with Gasteiger partial charge in [0.25, 0.3) is 5.91 Å². The smallest absolute Gasteiger partial charge is 0.267 e. The number of amides is 1. The molecule has 1 heterocycles. The zero-order valence-corrected chi connectivity index (χ0v) is 11.1. The highest BCUT2D eigenvalue weighted by Gasteiger charge is 2.17. The summed E-state index contributed by atoms with van der Waals surface area (Å²) in [6.07, 6.45) is 0. The normalized spacial score (nSPS) is 17.7. The number of rotatable bonds is 2. The molecule has 1 aromatic rings. The lowest BCUT2D eigenvalue weighted by Crippen LogP contribution is -2.52. The fourth-order valence-corrected chi connectivity index (χ4v) is 2.02. The van der Waals surface area contributed by atoms with Gasteiger partial charge < -0.3 is 10.6 Å². The second-order valence-electron chi connectivity index (χ2n) is 4.46. The van der Waals surface area contributed by atoms with Gasteiger partial charge in [-0.15, -0.1) is 0 Å². The first-order chi connectivity index (χ1) is 8.56. The van der Waals surface area contributed by atoms with Crippen LogP contribution in [0.5, 0.6) is 0 Å². The van der Waals surface area contributed by atoms with Crippen molar-refractivity contribution in [3.05, 3.63) is 28.8 Å². The van der Waals surface area contributed by atoms with E-state index in [4.69, 9.17) is 17.3 Å². The van der Waals surface area contributed by atoms with E-state index < -0.39 is 0 Å². The summed E-state index contributed by atoms with van der Waals surface area (Å²) in [4.78, 5) is 14.3. The minimum Gasteiger partial charge on any atom is -0.398 e. The van der Waals surface area contributed by atoms with Crippen molar-refractivity contribution in [3.8, 4) is 0 Å². The van der Waals surface area contributed by atoms with E-state index in [1.54, 1.807) is 18.2 Å². The number of carbonyl (C=O) groups is 1. The number of anilines is 1. The molecule has 0 atom stereocenters. The van der Waals surface area contributed by atoms with Gasteiger partial charge in [-0.3, -0.25) is 10.2 Å². The largest absolute Gasteiger partial charge is 0.398 e. The van der Waals surface area contributed by atoms with Crippen LogP contribution in [0.2, 0.25) is 5.02 Å². The summed E-state index contributed by atoms with van der Waals surface area (Å²) in [6.45, 7) is 3.49. The Kier molecular flexibility index (Phi) is 4.06. The number of hydrogen-bond donors (Lipinski definition) is 2. The van der Waals surface area contributed by atoms with Crippen molar-refractivity contribution >= 4 is 23.2 Å². The van der Waals surface area contributed by atoms with Gasteiger partial charge in [-0.1, -0.05) is 11.6 Å². The Labute approximate surface area is 111 Å². The Morgan fingerprint density at radius 2 is 2.00 bits per heavy atom. The molecule has 2 rings (SSSR count). The van der Waals surface area contributed by atoms with Crippen LogP contribution in [0.3, 0.4) is 0 Å². The molecule has 1 fully saturated rings. The maximum atomic E-state index is 12.1. The van der Waals surface area contributed by atoms with Crippen LogP contribution >= 0.6 is 11.6 Å².